The molecule has 18 heavy (non-hydrogen) atoms. The van der Waals surface area contributed by atoms with Crippen molar-refractivity contribution in [1.82, 2.24) is 0 Å². The standard InChI is InChI=1S/C15H18O3/c1-15(2)11-6-4-3-5-10(11)14-12(17)7-9(16)8-13(14)18-15/h7-8,16-17H,3-6H2,1-2H3. The number of benzene rings is 1. The van der Waals surface area contributed by atoms with Crippen LogP contribution in [0.25, 0.3) is 5.57 Å². The summed E-state index contributed by atoms with van der Waals surface area (Å²) in [4.78, 5) is 0. The quantitative estimate of drug-likeness (QED) is 0.735. The molecule has 3 heteroatoms. The maximum atomic E-state index is 10.1. The molecule has 2 aliphatic rings. The summed E-state index contributed by atoms with van der Waals surface area (Å²) >= 11 is 0. The largest absolute Gasteiger partial charge is 0.508 e. The van der Waals surface area contributed by atoms with Gasteiger partial charge in [0.1, 0.15) is 22.8 Å². The van der Waals surface area contributed by atoms with Gasteiger partial charge in [-0.05, 0) is 50.7 Å². The van der Waals surface area contributed by atoms with Gasteiger partial charge >= 0.3 is 0 Å². The normalized spacial score (nSPS) is 21.0. The second-order valence-electron chi connectivity index (χ2n) is 5.61. The molecule has 3 nitrogen and oxygen atoms in total. The molecule has 2 N–H and O–H groups in total. The number of hydrogen-bond donors (Lipinski definition) is 2. The third-order valence-electron chi connectivity index (χ3n) is 3.93. The highest BCUT2D eigenvalue weighted by Gasteiger charge is 2.37. The molecule has 0 saturated heterocycles. The first-order valence-corrected chi connectivity index (χ1v) is 6.47. The van der Waals surface area contributed by atoms with Gasteiger partial charge in [-0.3, -0.25) is 0 Å². The van der Waals surface area contributed by atoms with Crippen molar-refractivity contribution in [2.24, 2.45) is 0 Å². The van der Waals surface area contributed by atoms with Gasteiger partial charge in [0, 0.05) is 12.1 Å². The monoisotopic (exact) mass is 246 g/mol. The molecule has 1 aliphatic carbocycles. The second kappa shape index (κ2) is 3.67. The summed E-state index contributed by atoms with van der Waals surface area (Å²) in [5, 5.41) is 19.7. The van der Waals surface area contributed by atoms with Crippen LogP contribution in [0.4, 0.5) is 0 Å². The van der Waals surface area contributed by atoms with Crippen molar-refractivity contribution in [2.45, 2.75) is 45.1 Å². The van der Waals surface area contributed by atoms with Crippen LogP contribution in [0.2, 0.25) is 0 Å². The molecule has 96 valence electrons. The van der Waals surface area contributed by atoms with Gasteiger partial charge in [-0.15, -0.1) is 0 Å². The van der Waals surface area contributed by atoms with E-state index < -0.39 is 0 Å². The lowest BCUT2D eigenvalue weighted by Crippen LogP contribution is -2.35. The molecule has 1 heterocycles. The number of allylic oxidation sites excluding steroid dienone is 1. The average molecular weight is 246 g/mol. The minimum Gasteiger partial charge on any atom is -0.508 e. The lowest BCUT2D eigenvalue weighted by molar-refractivity contribution is 0.136. The van der Waals surface area contributed by atoms with Gasteiger partial charge in [0.05, 0.1) is 5.56 Å². The molecular weight excluding hydrogens is 228 g/mol. The summed E-state index contributed by atoms with van der Waals surface area (Å²) in [6.07, 6.45) is 4.34. The molecule has 3 rings (SSSR count). The van der Waals surface area contributed by atoms with Gasteiger partial charge in [-0.2, -0.15) is 0 Å². The van der Waals surface area contributed by atoms with Crippen LogP contribution >= 0.6 is 0 Å². The van der Waals surface area contributed by atoms with Crippen LogP contribution in [0.5, 0.6) is 17.2 Å². The molecule has 0 radical (unpaired) electrons. The topological polar surface area (TPSA) is 49.7 Å². The Morgan fingerprint density at radius 1 is 1.11 bits per heavy atom. The van der Waals surface area contributed by atoms with Crippen molar-refractivity contribution in [3.05, 3.63) is 23.3 Å². The van der Waals surface area contributed by atoms with Gasteiger partial charge in [0.15, 0.2) is 0 Å². The van der Waals surface area contributed by atoms with E-state index in [0.717, 1.165) is 24.8 Å². The lowest BCUT2D eigenvalue weighted by Gasteiger charge is -2.39. The highest BCUT2D eigenvalue weighted by molar-refractivity contribution is 5.81. The number of ether oxygens (including phenoxy) is 1. The van der Waals surface area contributed by atoms with Crippen molar-refractivity contribution in [1.29, 1.82) is 0 Å². The predicted molar refractivity (Wildman–Crippen MR) is 69.9 cm³/mol. The zero-order valence-electron chi connectivity index (χ0n) is 10.8. The SMILES string of the molecule is CC1(C)Oc2cc(O)cc(O)c2C2=C1CCCC2. The highest BCUT2D eigenvalue weighted by atomic mass is 16.5. The van der Waals surface area contributed by atoms with E-state index in [1.807, 2.05) is 0 Å². The third-order valence-corrected chi connectivity index (χ3v) is 3.93. The third kappa shape index (κ3) is 1.57. The van der Waals surface area contributed by atoms with Gasteiger partial charge in [0.2, 0.25) is 0 Å². The van der Waals surface area contributed by atoms with Crippen molar-refractivity contribution in [3.8, 4) is 17.2 Å². The molecule has 0 saturated carbocycles. The molecule has 0 atom stereocenters. The smallest absolute Gasteiger partial charge is 0.135 e. The second-order valence-corrected chi connectivity index (χ2v) is 5.61. The molecule has 1 aromatic rings. The molecule has 1 aromatic carbocycles. The maximum Gasteiger partial charge on any atom is 0.135 e. The molecule has 0 amide bonds. The molecule has 0 spiro atoms. The summed E-state index contributed by atoms with van der Waals surface area (Å²) in [6, 6.07) is 2.98. The number of fused-ring (bicyclic) bond motifs is 2. The minimum absolute atomic E-state index is 0.0434. The Morgan fingerprint density at radius 2 is 1.83 bits per heavy atom. The summed E-state index contributed by atoms with van der Waals surface area (Å²) in [5.41, 5.74) is 2.94. The Bertz CT molecular complexity index is 541. The summed E-state index contributed by atoms with van der Waals surface area (Å²) in [5.74, 6) is 0.759. The van der Waals surface area contributed by atoms with Crippen LogP contribution in [0.3, 0.4) is 0 Å². The zero-order valence-corrected chi connectivity index (χ0v) is 10.8. The Morgan fingerprint density at radius 3 is 2.61 bits per heavy atom. The summed E-state index contributed by atoms with van der Waals surface area (Å²) in [7, 11) is 0. The average Bonchev–Trinajstić information content (AvgIpc) is 2.27. The van der Waals surface area contributed by atoms with Gasteiger partial charge in [-0.1, -0.05) is 0 Å². The van der Waals surface area contributed by atoms with E-state index in [9.17, 15) is 10.2 Å². The van der Waals surface area contributed by atoms with Crippen LogP contribution in [-0.2, 0) is 0 Å². The summed E-state index contributed by atoms with van der Waals surface area (Å²) < 4.78 is 5.97. The Labute approximate surface area is 107 Å². The minimum atomic E-state index is -0.344. The van der Waals surface area contributed by atoms with Crippen molar-refractivity contribution in [3.63, 3.8) is 0 Å². The predicted octanol–water partition coefficient (Wildman–Crippen LogP) is 3.60. The van der Waals surface area contributed by atoms with Crippen LogP contribution in [0.15, 0.2) is 17.7 Å². The van der Waals surface area contributed by atoms with Crippen molar-refractivity contribution < 1.29 is 14.9 Å². The Kier molecular flexibility index (Phi) is 2.34. The molecular formula is C15H18O3. The van der Waals surface area contributed by atoms with E-state index in [4.69, 9.17) is 4.74 Å². The van der Waals surface area contributed by atoms with E-state index in [1.54, 1.807) is 6.07 Å². The highest BCUT2D eigenvalue weighted by Crippen LogP contribution is 2.50. The van der Waals surface area contributed by atoms with E-state index >= 15 is 0 Å². The molecule has 0 unspecified atom stereocenters. The Balaban J connectivity index is 2.26. The zero-order chi connectivity index (χ0) is 12.9. The lowest BCUT2D eigenvalue weighted by atomic mass is 9.77. The first-order chi connectivity index (χ1) is 8.49. The fourth-order valence-electron chi connectivity index (χ4n) is 3.15. The van der Waals surface area contributed by atoms with Crippen LogP contribution in [0.1, 0.15) is 45.1 Å². The number of phenolic OH excluding ortho intramolecular Hbond substituents is 2. The number of rotatable bonds is 0. The van der Waals surface area contributed by atoms with Crippen LogP contribution in [0, 0.1) is 0 Å². The first-order valence-electron chi connectivity index (χ1n) is 6.47. The van der Waals surface area contributed by atoms with Crippen molar-refractivity contribution in [2.75, 3.05) is 0 Å². The molecule has 0 bridgehead atoms. The maximum absolute atomic E-state index is 10.1. The molecule has 0 aromatic heterocycles. The Hall–Kier alpha value is -1.64. The van der Waals surface area contributed by atoms with Crippen LogP contribution in [-0.4, -0.2) is 15.8 Å². The van der Waals surface area contributed by atoms with Crippen LogP contribution < -0.4 is 4.74 Å². The first kappa shape index (κ1) is 11.5. The van der Waals surface area contributed by atoms with Gasteiger partial charge < -0.3 is 14.9 Å². The molecule has 1 aliphatic heterocycles. The fourth-order valence-corrected chi connectivity index (χ4v) is 3.15. The van der Waals surface area contributed by atoms with E-state index in [2.05, 4.69) is 13.8 Å². The number of phenols is 2. The molecule has 0 fully saturated rings. The van der Waals surface area contributed by atoms with Gasteiger partial charge in [0.25, 0.3) is 0 Å². The van der Waals surface area contributed by atoms with Crippen molar-refractivity contribution >= 4 is 5.57 Å². The van der Waals surface area contributed by atoms with Gasteiger partial charge in [-0.25, -0.2) is 0 Å². The number of aromatic hydroxyl groups is 2. The summed E-state index contributed by atoms with van der Waals surface area (Å²) in [6.45, 7) is 4.11. The van der Waals surface area contributed by atoms with E-state index in [0.29, 0.717) is 5.75 Å². The number of hydrogen-bond acceptors (Lipinski definition) is 3. The fraction of sp³-hybridized carbons (Fsp3) is 0.467. The van der Waals surface area contributed by atoms with E-state index in [-0.39, 0.29) is 17.1 Å². The van der Waals surface area contributed by atoms with E-state index in [1.165, 1.54) is 23.6 Å².